The molecule has 0 radical (unpaired) electrons. The Morgan fingerprint density at radius 2 is 1.27 bits per heavy atom. The number of pyridine rings is 1. The minimum absolute atomic E-state index is 0. The summed E-state index contributed by atoms with van der Waals surface area (Å²) >= 11 is 0. The van der Waals surface area contributed by atoms with Gasteiger partial charge in [-0.2, -0.15) is 0 Å². The molecule has 5 aromatic carbocycles. The average molecular weight is 859 g/mol. The summed E-state index contributed by atoms with van der Waals surface area (Å²) in [5, 5.41) is 0. The van der Waals surface area contributed by atoms with Crippen LogP contribution in [0.5, 0.6) is 23.0 Å². The van der Waals surface area contributed by atoms with Crippen LogP contribution in [0.4, 0.5) is 0 Å². The molecule has 9 rings (SSSR count). The van der Waals surface area contributed by atoms with E-state index in [0.717, 1.165) is 95.4 Å². The quantitative estimate of drug-likeness (QED) is 0.132. The molecule has 0 spiro atoms. The molecular formula is C45H38BN3O2Pt. The van der Waals surface area contributed by atoms with E-state index >= 15 is 0 Å². The third-order valence-electron chi connectivity index (χ3n) is 10.3. The number of hydrogen-bond donors (Lipinski definition) is 0. The smallest absolute Gasteiger partial charge is 0.503 e. The molecule has 2 aliphatic heterocycles. The van der Waals surface area contributed by atoms with Crippen molar-refractivity contribution in [3.8, 4) is 51.3 Å². The van der Waals surface area contributed by atoms with E-state index in [1.54, 1.807) is 0 Å². The van der Waals surface area contributed by atoms with Gasteiger partial charge in [-0.15, -0.1) is 58.5 Å². The van der Waals surface area contributed by atoms with E-state index in [2.05, 4.69) is 145 Å². The predicted octanol–water partition coefficient (Wildman–Crippen LogP) is 8.92. The van der Waals surface area contributed by atoms with Crippen LogP contribution in [0, 0.1) is 46.8 Å². The molecule has 7 heteroatoms. The molecule has 0 saturated heterocycles. The topological polar surface area (TPSA) is 49.2 Å². The van der Waals surface area contributed by atoms with Crippen LogP contribution in [0.25, 0.3) is 39.4 Å². The molecule has 258 valence electrons. The summed E-state index contributed by atoms with van der Waals surface area (Å²) in [5.74, 6) is 4.01. The largest absolute Gasteiger partial charge is 2.00 e. The Labute approximate surface area is 320 Å². The Hall–Kier alpha value is -4.93. The monoisotopic (exact) mass is 858 g/mol. The van der Waals surface area contributed by atoms with E-state index < -0.39 is 0 Å². The van der Waals surface area contributed by atoms with Gasteiger partial charge in [-0.3, -0.25) is 4.98 Å². The van der Waals surface area contributed by atoms with Crippen molar-refractivity contribution >= 4 is 34.1 Å². The van der Waals surface area contributed by atoms with E-state index in [1.165, 1.54) is 16.7 Å². The van der Waals surface area contributed by atoms with Crippen molar-refractivity contribution < 1.29 is 30.5 Å². The van der Waals surface area contributed by atoms with E-state index in [4.69, 9.17) is 19.4 Å². The molecule has 2 aromatic heterocycles. The molecular weight excluding hydrogens is 820 g/mol. The fourth-order valence-electron chi connectivity index (χ4n) is 7.98. The third kappa shape index (κ3) is 5.42. The molecule has 0 saturated carbocycles. The summed E-state index contributed by atoms with van der Waals surface area (Å²) < 4.78 is 15.8. The van der Waals surface area contributed by atoms with Gasteiger partial charge in [0.05, 0.1) is 16.9 Å². The standard InChI is InChI=1S/C45H38BN3O2.Pt/c1-25-17-28(4)43(29(5)18-25)49-36-12-10-9-11-35(36)48-44(49)31-14-16-38-34(21-31)46-33-20-30(42-27(3)19-26(2)24-47-42)13-15-37(33)50-39-22-32(45(6,7)8)23-40(51-38)41(39)46;/h9-19,22-24H,1-8H3;/q-2;+2. The van der Waals surface area contributed by atoms with Gasteiger partial charge < -0.3 is 19.0 Å². The molecule has 0 atom stereocenters. The van der Waals surface area contributed by atoms with Gasteiger partial charge in [0.2, 0.25) is 6.71 Å². The van der Waals surface area contributed by atoms with Crippen molar-refractivity contribution in [1.82, 2.24) is 14.5 Å². The zero-order valence-corrected chi connectivity index (χ0v) is 32.9. The van der Waals surface area contributed by atoms with Crippen LogP contribution < -0.4 is 25.9 Å². The van der Waals surface area contributed by atoms with Gasteiger partial charge in [0, 0.05) is 28.8 Å². The number of fused-ring (bicyclic) bond motifs is 5. The number of aryl methyl sites for hydroxylation is 5. The minimum atomic E-state index is -0.220. The average Bonchev–Trinajstić information content (AvgIpc) is 3.46. The van der Waals surface area contributed by atoms with Crippen molar-refractivity contribution in [2.45, 2.75) is 60.8 Å². The molecule has 7 aromatic rings. The fraction of sp³-hybridized carbons (Fsp3) is 0.200. The molecule has 52 heavy (non-hydrogen) atoms. The summed E-state index contributed by atoms with van der Waals surface area (Å²) in [6.45, 7) is 17.1. The summed E-state index contributed by atoms with van der Waals surface area (Å²) in [4.78, 5) is 10.1. The first-order valence-corrected chi connectivity index (χ1v) is 17.6. The third-order valence-corrected chi connectivity index (χ3v) is 10.3. The van der Waals surface area contributed by atoms with E-state index in [-0.39, 0.29) is 33.2 Å². The van der Waals surface area contributed by atoms with Crippen molar-refractivity contribution in [1.29, 1.82) is 0 Å². The second kappa shape index (κ2) is 12.3. The Morgan fingerprint density at radius 3 is 1.90 bits per heavy atom. The molecule has 5 nitrogen and oxygen atoms in total. The number of imidazole rings is 1. The zero-order valence-electron chi connectivity index (χ0n) is 30.6. The molecule has 0 fully saturated rings. The molecule has 0 unspecified atom stereocenters. The van der Waals surface area contributed by atoms with Crippen molar-refractivity contribution in [2.75, 3.05) is 0 Å². The number of para-hydroxylation sites is 2. The first-order valence-electron chi connectivity index (χ1n) is 17.6. The number of aromatic nitrogens is 3. The van der Waals surface area contributed by atoms with Gasteiger partial charge in [0.1, 0.15) is 11.5 Å². The Balaban J connectivity index is 0.00000387. The number of hydrogen-bond acceptors (Lipinski definition) is 4. The van der Waals surface area contributed by atoms with Crippen LogP contribution in [0.2, 0.25) is 0 Å². The summed E-state index contributed by atoms with van der Waals surface area (Å²) in [5.41, 5.74) is 15.7. The fourth-order valence-corrected chi connectivity index (χ4v) is 7.98. The van der Waals surface area contributed by atoms with Gasteiger partial charge in [-0.25, -0.2) is 0 Å². The molecule has 0 bridgehead atoms. The van der Waals surface area contributed by atoms with Crippen LogP contribution in [-0.2, 0) is 26.5 Å². The SMILES string of the molecule is Cc1cnc(-c2[c-]c3c(cc2)Oc2cc(C(C)(C)C)cc4c2B3c2[c-]c(-c3nc5ccccc5n3-c3c(C)cc(C)cc3C)ccc2O4)c(C)c1.[Pt+2]. The van der Waals surface area contributed by atoms with Gasteiger partial charge in [0.25, 0.3) is 0 Å². The Bertz CT molecular complexity index is 2560. The summed E-state index contributed by atoms with van der Waals surface area (Å²) in [6, 6.07) is 35.3. The summed E-state index contributed by atoms with van der Waals surface area (Å²) in [7, 11) is 0. The van der Waals surface area contributed by atoms with Crippen molar-refractivity contribution in [2.24, 2.45) is 0 Å². The number of nitrogens with zero attached hydrogens (tertiary/aromatic N) is 3. The van der Waals surface area contributed by atoms with Crippen molar-refractivity contribution in [3.63, 3.8) is 0 Å². The Kier molecular flexibility index (Phi) is 8.11. The van der Waals surface area contributed by atoms with Crippen LogP contribution in [-0.4, -0.2) is 21.2 Å². The van der Waals surface area contributed by atoms with Gasteiger partial charge in [-0.1, -0.05) is 62.2 Å². The van der Waals surface area contributed by atoms with Gasteiger partial charge >= 0.3 is 21.1 Å². The summed E-state index contributed by atoms with van der Waals surface area (Å²) in [6.07, 6.45) is 1.92. The van der Waals surface area contributed by atoms with Crippen LogP contribution in [0.15, 0.2) is 85.1 Å². The van der Waals surface area contributed by atoms with E-state index in [1.807, 2.05) is 12.3 Å². The second-order valence-electron chi connectivity index (χ2n) is 15.3. The number of benzene rings is 5. The van der Waals surface area contributed by atoms with E-state index in [0.29, 0.717) is 0 Å². The first-order chi connectivity index (χ1) is 24.4. The maximum atomic E-state index is 6.77. The van der Waals surface area contributed by atoms with Crippen LogP contribution in [0.3, 0.4) is 0 Å². The zero-order chi connectivity index (χ0) is 35.3. The molecule has 2 aliphatic rings. The van der Waals surface area contributed by atoms with Gasteiger partial charge in [0.15, 0.2) is 0 Å². The first kappa shape index (κ1) is 34.2. The van der Waals surface area contributed by atoms with Crippen molar-refractivity contribution in [3.05, 3.63) is 131 Å². The predicted molar refractivity (Wildman–Crippen MR) is 207 cm³/mol. The number of ether oxygens (including phenoxy) is 2. The van der Waals surface area contributed by atoms with Crippen LogP contribution in [0.1, 0.15) is 54.2 Å². The Morgan fingerprint density at radius 1 is 0.673 bits per heavy atom. The molecule has 0 N–H and O–H groups in total. The molecule has 4 heterocycles. The maximum absolute atomic E-state index is 6.77. The molecule has 0 amide bonds. The molecule has 0 aliphatic carbocycles. The van der Waals surface area contributed by atoms with E-state index in [9.17, 15) is 0 Å². The second-order valence-corrected chi connectivity index (χ2v) is 15.3. The van der Waals surface area contributed by atoms with Gasteiger partial charge in [-0.05, 0) is 92.2 Å². The number of rotatable bonds is 3. The van der Waals surface area contributed by atoms with Crippen LogP contribution >= 0.6 is 0 Å². The minimum Gasteiger partial charge on any atom is -0.503 e. The normalized spacial score (nSPS) is 12.7. The maximum Gasteiger partial charge on any atom is 2.00 e.